The van der Waals surface area contributed by atoms with Crippen molar-refractivity contribution in [2.45, 2.75) is 24.9 Å². The van der Waals surface area contributed by atoms with Gasteiger partial charge in [0.2, 0.25) is 0 Å². The number of anilines is 2. The number of hydrogen-bond acceptors (Lipinski definition) is 7. The number of ether oxygens (including phenoxy) is 1. The summed E-state index contributed by atoms with van der Waals surface area (Å²) in [6.07, 6.45) is 10.4. The molecule has 4 aromatic rings. The molecular formula is C36H42N6O. The quantitative estimate of drug-likeness (QED) is 0.294. The molecule has 4 unspecified atom stereocenters. The third-order valence-electron chi connectivity index (χ3n) is 9.61. The van der Waals surface area contributed by atoms with Crippen LogP contribution in [0.15, 0.2) is 97.6 Å². The molecule has 7 heteroatoms. The van der Waals surface area contributed by atoms with Gasteiger partial charge in [0, 0.05) is 69.2 Å². The Bertz CT molecular complexity index is 1500. The first-order valence-electron chi connectivity index (χ1n) is 15.7. The van der Waals surface area contributed by atoms with Gasteiger partial charge >= 0.3 is 0 Å². The van der Waals surface area contributed by atoms with Gasteiger partial charge in [-0.25, -0.2) is 0 Å². The molecule has 0 saturated carbocycles. The predicted molar refractivity (Wildman–Crippen MR) is 174 cm³/mol. The number of rotatable bonds is 5. The molecule has 6 heterocycles. The maximum atomic E-state index is 5.90. The van der Waals surface area contributed by atoms with Gasteiger partial charge in [0.15, 0.2) is 0 Å². The molecule has 222 valence electrons. The van der Waals surface area contributed by atoms with Gasteiger partial charge < -0.3 is 24.3 Å². The van der Waals surface area contributed by atoms with Crippen molar-refractivity contribution in [1.82, 2.24) is 19.8 Å². The summed E-state index contributed by atoms with van der Waals surface area (Å²) in [4.78, 5) is 18.8. The fourth-order valence-electron chi connectivity index (χ4n) is 7.44. The smallest absolute Gasteiger partial charge is 0.147 e. The van der Waals surface area contributed by atoms with Crippen molar-refractivity contribution in [3.05, 3.63) is 97.6 Å². The summed E-state index contributed by atoms with van der Waals surface area (Å²) in [7, 11) is 4.49. The molecule has 0 amide bonds. The van der Waals surface area contributed by atoms with Crippen molar-refractivity contribution in [2.24, 2.45) is 11.8 Å². The average Bonchev–Trinajstić information content (AvgIpc) is 3.47. The molecule has 4 bridgehead atoms. The molecule has 4 saturated heterocycles. The Morgan fingerprint density at radius 2 is 1.12 bits per heavy atom. The summed E-state index contributed by atoms with van der Waals surface area (Å²) in [6.45, 7) is 6.97. The molecule has 4 aliphatic rings. The second kappa shape index (κ2) is 12.3. The first-order chi connectivity index (χ1) is 21.1. The zero-order valence-corrected chi connectivity index (χ0v) is 25.3. The minimum Gasteiger partial charge on any atom is -0.456 e. The Labute approximate surface area is 255 Å². The van der Waals surface area contributed by atoms with E-state index in [1.807, 2.05) is 48.9 Å². The molecule has 43 heavy (non-hydrogen) atoms. The van der Waals surface area contributed by atoms with Gasteiger partial charge in [-0.1, -0.05) is 48.5 Å². The van der Waals surface area contributed by atoms with Crippen LogP contribution in [0.5, 0.6) is 11.5 Å². The largest absolute Gasteiger partial charge is 0.456 e. The van der Waals surface area contributed by atoms with E-state index in [0.717, 1.165) is 43.0 Å². The maximum absolute atomic E-state index is 5.90. The Hall–Kier alpha value is -3.94. The first-order valence-corrected chi connectivity index (χ1v) is 15.7. The van der Waals surface area contributed by atoms with Crippen LogP contribution in [0.1, 0.15) is 12.8 Å². The lowest BCUT2D eigenvalue weighted by atomic mass is 9.99. The number of piperidine rings is 2. The number of likely N-dealkylation sites (tertiary alicyclic amines) is 2. The fourth-order valence-corrected chi connectivity index (χ4v) is 7.44. The number of hydrogen-bond donors (Lipinski definition) is 0. The van der Waals surface area contributed by atoms with Gasteiger partial charge in [-0.3, -0.25) is 9.97 Å². The van der Waals surface area contributed by atoms with E-state index >= 15 is 0 Å². The van der Waals surface area contributed by atoms with Crippen LogP contribution in [0.2, 0.25) is 0 Å². The number of para-hydroxylation sites is 1. The number of benzene rings is 2. The van der Waals surface area contributed by atoms with Crippen molar-refractivity contribution < 1.29 is 4.74 Å². The van der Waals surface area contributed by atoms with Crippen LogP contribution in [0.3, 0.4) is 0 Å². The second-order valence-corrected chi connectivity index (χ2v) is 12.8. The van der Waals surface area contributed by atoms with Gasteiger partial charge in [-0.05, 0) is 62.5 Å². The molecule has 4 atom stereocenters. The van der Waals surface area contributed by atoms with E-state index in [9.17, 15) is 0 Å². The molecule has 2 aromatic heterocycles. The molecule has 0 N–H and O–H groups in total. The number of pyridine rings is 2. The van der Waals surface area contributed by atoms with Crippen molar-refractivity contribution in [3.8, 4) is 22.6 Å². The minimum absolute atomic E-state index is 0.678. The minimum atomic E-state index is 0.678. The molecule has 0 aliphatic carbocycles. The molecule has 4 aliphatic heterocycles. The van der Waals surface area contributed by atoms with E-state index in [4.69, 9.17) is 4.74 Å². The average molecular weight is 575 g/mol. The summed E-state index contributed by atoms with van der Waals surface area (Å²) < 4.78 is 5.90. The van der Waals surface area contributed by atoms with Crippen LogP contribution in [0.25, 0.3) is 11.1 Å². The monoisotopic (exact) mass is 574 g/mol. The summed E-state index contributed by atoms with van der Waals surface area (Å²) in [6, 6.07) is 26.2. The van der Waals surface area contributed by atoms with E-state index in [0.29, 0.717) is 12.1 Å². The third kappa shape index (κ3) is 6.38. The van der Waals surface area contributed by atoms with Crippen LogP contribution in [0, 0.1) is 11.8 Å². The maximum Gasteiger partial charge on any atom is 0.147 e. The number of fused-ring (bicyclic) bond motifs is 4. The highest BCUT2D eigenvalue weighted by Gasteiger charge is 2.37. The summed E-state index contributed by atoms with van der Waals surface area (Å²) in [5, 5.41) is 0. The van der Waals surface area contributed by atoms with Crippen LogP contribution in [-0.2, 0) is 0 Å². The van der Waals surface area contributed by atoms with Crippen LogP contribution < -0.4 is 14.5 Å². The lowest BCUT2D eigenvalue weighted by Crippen LogP contribution is -2.41. The molecular weight excluding hydrogens is 532 g/mol. The van der Waals surface area contributed by atoms with Crippen LogP contribution in [0.4, 0.5) is 11.4 Å². The third-order valence-corrected chi connectivity index (χ3v) is 9.61. The van der Waals surface area contributed by atoms with Gasteiger partial charge in [0.1, 0.15) is 11.5 Å². The Morgan fingerprint density at radius 1 is 0.558 bits per heavy atom. The van der Waals surface area contributed by atoms with Crippen molar-refractivity contribution in [1.29, 1.82) is 0 Å². The molecule has 0 spiro atoms. The molecule has 2 aromatic carbocycles. The highest BCUT2D eigenvalue weighted by atomic mass is 16.5. The Balaban J connectivity index is 0.000000140. The van der Waals surface area contributed by atoms with Crippen molar-refractivity contribution in [2.75, 3.05) is 63.2 Å². The van der Waals surface area contributed by atoms with E-state index in [-0.39, 0.29) is 0 Å². The predicted octanol–water partition coefficient (Wildman–Crippen LogP) is 5.90. The van der Waals surface area contributed by atoms with E-state index in [1.165, 1.54) is 55.0 Å². The van der Waals surface area contributed by atoms with E-state index in [1.54, 1.807) is 6.20 Å². The summed E-state index contributed by atoms with van der Waals surface area (Å²) in [5.41, 5.74) is 4.88. The van der Waals surface area contributed by atoms with Crippen LogP contribution in [-0.4, -0.2) is 85.2 Å². The number of aromatic nitrogens is 2. The number of likely N-dealkylation sites (N-methyl/N-ethyl adjacent to an activating group) is 2. The van der Waals surface area contributed by atoms with Crippen LogP contribution >= 0.6 is 0 Å². The fraction of sp³-hybridized carbons (Fsp3) is 0.389. The van der Waals surface area contributed by atoms with Gasteiger partial charge in [0.25, 0.3) is 0 Å². The van der Waals surface area contributed by atoms with Gasteiger partial charge in [-0.2, -0.15) is 0 Å². The lowest BCUT2D eigenvalue weighted by Gasteiger charge is -2.33. The molecule has 8 rings (SSSR count). The normalized spacial score (nSPS) is 24.9. The van der Waals surface area contributed by atoms with Gasteiger partial charge in [0.05, 0.1) is 30.0 Å². The standard InChI is InChI=1S/C18H21N3O.C18H21N3/c1-20-11-14-7-16(20)13-21(12-14)15-8-18(10-19-9-15)22-17-5-3-2-4-6-17;1-20-11-14-7-18(20)13-21(12-14)17-8-16(9-19-10-17)15-5-3-2-4-6-15/h2-6,8-10,14,16H,7,11-13H2,1H3;2-6,8-10,14,18H,7,11-13H2,1H3. The van der Waals surface area contributed by atoms with E-state index < -0.39 is 0 Å². The summed E-state index contributed by atoms with van der Waals surface area (Å²) in [5.74, 6) is 3.24. The topological polar surface area (TPSA) is 48.0 Å². The highest BCUT2D eigenvalue weighted by Crippen LogP contribution is 2.34. The SMILES string of the molecule is CN1CC2CC1CN(c1cncc(-c3ccccc3)c1)C2.CN1CC2CC1CN(c1cncc(Oc3ccccc3)c1)C2. The van der Waals surface area contributed by atoms with Crippen molar-refractivity contribution in [3.63, 3.8) is 0 Å². The lowest BCUT2D eigenvalue weighted by molar-refractivity contribution is 0.317. The number of nitrogens with zero attached hydrogens (tertiary/aromatic N) is 6. The first kappa shape index (κ1) is 27.9. The highest BCUT2D eigenvalue weighted by molar-refractivity contribution is 5.67. The second-order valence-electron chi connectivity index (χ2n) is 12.8. The zero-order chi connectivity index (χ0) is 29.2. The Morgan fingerprint density at radius 3 is 1.72 bits per heavy atom. The zero-order valence-electron chi connectivity index (χ0n) is 25.3. The molecule has 7 nitrogen and oxygen atoms in total. The van der Waals surface area contributed by atoms with Gasteiger partial charge in [-0.15, -0.1) is 0 Å². The molecule has 0 radical (unpaired) electrons. The Kier molecular flexibility index (Phi) is 8.00. The van der Waals surface area contributed by atoms with Crippen molar-refractivity contribution >= 4 is 11.4 Å². The van der Waals surface area contributed by atoms with E-state index in [2.05, 4.69) is 86.1 Å². The summed E-state index contributed by atoms with van der Waals surface area (Å²) >= 11 is 0. The molecule has 4 fully saturated rings.